The average Bonchev–Trinajstić information content (AvgIpc) is 3.10. The van der Waals surface area contributed by atoms with E-state index in [4.69, 9.17) is 5.11 Å². The molecule has 3 N–H and O–H groups in total. The summed E-state index contributed by atoms with van der Waals surface area (Å²) < 4.78 is 0. The van der Waals surface area contributed by atoms with E-state index in [1.54, 1.807) is 0 Å². The van der Waals surface area contributed by atoms with Gasteiger partial charge in [-0.2, -0.15) is 0 Å². The van der Waals surface area contributed by atoms with Crippen LogP contribution < -0.4 is 10.6 Å². The standard InChI is InChI=1S/C20H37N5O4/c1-23-11-13-24(14-12-23)15-17-5-4-10-25(17)16-19(27)22-8-2-6-18(26)21-9-3-7-20(28)29/h17H,2-16H2,1H3,(H,21,26)(H,22,27)(H,28,29)/i4+1,5+1,10+1,11+1,13+1,15+1,17+1,18+1,20+1,21+1,22+1,24+1. The van der Waals surface area contributed by atoms with E-state index in [-0.39, 0.29) is 18.2 Å². The van der Waals surface area contributed by atoms with Crippen molar-refractivity contribution in [3.8, 4) is 0 Å². The molecule has 29 heavy (non-hydrogen) atoms. The van der Waals surface area contributed by atoms with Crippen LogP contribution in [0.2, 0.25) is 0 Å². The lowest BCUT2D eigenvalue weighted by Crippen LogP contribution is -2.50. The molecule has 0 bridgehead atoms. The van der Waals surface area contributed by atoms with E-state index >= 15 is 0 Å². The van der Waals surface area contributed by atoms with E-state index in [9.17, 15) is 14.4 Å². The number of aliphatic carboxylic acids is 1. The fraction of sp³-hybridized carbons (Fsp3) is 0.850. The van der Waals surface area contributed by atoms with Crippen LogP contribution in [-0.4, -0.2) is 110 Å². The van der Waals surface area contributed by atoms with Gasteiger partial charge in [0.1, 0.15) is 0 Å². The molecule has 2 saturated heterocycles. The van der Waals surface area contributed by atoms with Gasteiger partial charge in [-0.05, 0) is 39.3 Å². The minimum atomic E-state index is -0.856. The van der Waals surface area contributed by atoms with E-state index in [1.807, 2.05) is 0 Å². The topological polar surface area (TPSA) is 105 Å². The predicted molar refractivity (Wildman–Crippen MR) is 111 cm³/mol. The number of likely N-dealkylation sites (tertiary alicyclic amines) is 1. The third-order valence-electron chi connectivity index (χ3n) is 5.70. The Morgan fingerprint density at radius 2 is 1.59 bits per heavy atom. The second-order valence-electron chi connectivity index (χ2n) is 8.17. The largest absolute Gasteiger partial charge is 0.481 e. The number of hydrogen-bond acceptors (Lipinski definition) is 6. The Kier molecular flexibility index (Phi) is 10.4. The van der Waals surface area contributed by atoms with E-state index < -0.39 is 5.97 Å². The number of hydrogen-bond donors (Lipinski definition) is 3. The highest BCUT2D eigenvalue weighted by Crippen LogP contribution is 2.18. The summed E-state index contributed by atoms with van der Waals surface area (Å²) in [5, 5.41) is 14.2. The molecule has 0 spiro atoms. The number of piperazine rings is 1. The summed E-state index contributed by atoms with van der Waals surface area (Å²) in [6.45, 7) is 7.74. The first-order chi connectivity index (χ1) is 13.9. The highest BCUT2D eigenvalue weighted by atomic mass is 16.5. The van der Waals surface area contributed by atoms with E-state index in [2.05, 4.69) is 32.4 Å². The molecule has 2 aliphatic rings. The van der Waals surface area contributed by atoms with Gasteiger partial charge in [-0.1, -0.05) is 0 Å². The van der Waals surface area contributed by atoms with Crippen molar-refractivity contribution in [3.05, 3.63) is 0 Å². The van der Waals surface area contributed by atoms with Crippen LogP contribution in [0, 0.1) is 0 Å². The smallest absolute Gasteiger partial charge is 0.303 e. The van der Waals surface area contributed by atoms with Crippen molar-refractivity contribution in [2.45, 2.75) is 44.6 Å². The van der Waals surface area contributed by atoms with Crippen LogP contribution in [0.15, 0.2) is 0 Å². The van der Waals surface area contributed by atoms with Crippen molar-refractivity contribution < 1.29 is 19.5 Å². The lowest BCUT2D eigenvalue weighted by molar-refractivity contribution is -0.137. The van der Waals surface area contributed by atoms with Crippen LogP contribution in [0.25, 0.3) is 0 Å². The number of carbonyl (C=O) groups is 3. The maximum absolute atomic E-state index is 12.3. The molecule has 0 aromatic carbocycles. The number of carboxylic acid groups (broad SMARTS) is 1. The maximum atomic E-state index is 12.3. The zero-order valence-electron chi connectivity index (χ0n) is 17.7. The van der Waals surface area contributed by atoms with E-state index in [0.717, 1.165) is 52.1 Å². The van der Waals surface area contributed by atoms with Crippen LogP contribution in [0.1, 0.15) is 38.5 Å². The molecule has 2 fully saturated rings. The molecule has 2 aliphatic heterocycles. The van der Waals surface area contributed by atoms with Crippen molar-refractivity contribution in [1.29, 1.82) is 0 Å². The molecule has 0 saturated carbocycles. The molecule has 0 aromatic rings. The van der Waals surface area contributed by atoms with Crippen molar-refractivity contribution in [2.75, 3.05) is 66.0 Å². The second-order valence-corrected chi connectivity index (χ2v) is 8.17. The number of nitrogens with zero attached hydrogens (tertiary/aromatic N) is 3. The van der Waals surface area contributed by atoms with Gasteiger partial charge in [0.15, 0.2) is 0 Å². The number of carboxylic acids is 1. The molecule has 2 heterocycles. The first-order valence-corrected chi connectivity index (χ1v) is 10.8. The zero-order chi connectivity index (χ0) is 21.1. The Labute approximate surface area is 173 Å². The van der Waals surface area contributed by atoms with Crippen LogP contribution in [0.3, 0.4) is 0 Å². The first-order valence-electron chi connectivity index (χ1n) is 10.8. The Balaban J connectivity index is 1.55. The third kappa shape index (κ3) is 9.56. The quantitative estimate of drug-likeness (QED) is 0.222. The molecule has 1 atom stereocenters. The number of amides is 2. The molecular formula is C20H37N5O4. The third-order valence-corrected chi connectivity index (χ3v) is 5.70. The van der Waals surface area contributed by atoms with Crippen LogP contribution >= 0.6 is 0 Å². The normalized spacial score (nSPS) is 21.2. The van der Waals surface area contributed by atoms with Crippen LogP contribution in [0.4, 0.5) is 0 Å². The van der Waals surface area contributed by atoms with Crippen molar-refractivity contribution >= 4 is 17.8 Å². The second kappa shape index (κ2) is 12.8. The number of likely N-dealkylation sites (N-methyl/N-ethyl adjacent to an activating group) is 1. The van der Waals surface area contributed by atoms with Crippen molar-refractivity contribution in [2.24, 2.45) is 0 Å². The average molecular weight is 423 g/mol. The van der Waals surface area contributed by atoms with Gasteiger partial charge in [-0.3, -0.25) is 24.2 Å². The Morgan fingerprint density at radius 3 is 2.28 bits per heavy atom. The summed E-state index contributed by atoms with van der Waals surface area (Å²) in [7, 11) is 2.16. The van der Waals surface area contributed by atoms with E-state index in [0.29, 0.717) is 44.9 Å². The van der Waals surface area contributed by atoms with Gasteiger partial charge in [0.25, 0.3) is 0 Å². The van der Waals surface area contributed by atoms with Gasteiger partial charge < -0.3 is 20.6 Å². The van der Waals surface area contributed by atoms with Crippen molar-refractivity contribution in [3.63, 3.8) is 0 Å². The van der Waals surface area contributed by atoms with E-state index in [1.165, 1.54) is 0 Å². The molecule has 2 rings (SSSR count). The Bertz CT molecular complexity index is 537. The SMILES string of the molecule is CN1CC[15N]([13CH2][13CH]2[13CH2][13CH2][13CH2]N2CC(=O)[15NH]CCC[13C](=O)[15NH]CCC[13C](=O)O)[13CH2][13CH2]1. The molecule has 0 aromatic heterocycles. The van der Waals surface area contributed by atoms with Crippen LogP contribution in [-0.2, 0) is 14.4 Å². The van der Waals surface area contributed by atoms with Gasteiger partial charge in [-0.25, -0.2) is 0 Å². The zero-order valence-corrected chi connectivity index (χ0v) is 17.7. The van der Waals surface area contributed by atoms with Gasteiger partial charge >= 0.3 is 5.97 Å². The number of nitrogens with one attached hydrogen (secondary N) is 2. The molecule has 1 unspecified atom stereocenters. The number of rotatable bonds is 12. The Morgan fingerprint density at radius 1 is 0.931 bits per heavy atom. The summed E-state index contributed by atoms with van der Waals surface area (Å²) in [5.74, 6) is -0.931. The molecule has 166 valence electrons. The maximum Gasteiger partial charge on any atom is 0.303 e. The molecule has 9 nitrogen and oxygen atoms in total. The monoisotopic (exact) mass is 423 g/mol. The minimum Gasteiger partial charge on any atom is -0.481 e. The fourth-order valence-electron chi connectivity index (χ4n) is 3.91. The van der Waals surface area contributed by atoms with Crippen LogP contribution in [0.5, 0.6) is 0 Å². The van der Waals surface area contributed by atoms with Gasteiger partial charge in [-0.15, -0.1) is 0 Å². The van der Waals surface area contributed by atoms with Crippen molar-refractivity contribution in [1.82, 2.24) is 25.3 Å². The summed E-state index contributed by atoms with van der Waals surface area (Å²) in [5.41, 5.74) is 0. The lowest BCUT2D eigenvalue weighted by atomic mass is 10.4. The van der Waals surface area contributed by atoms with Gasteiger partial charge in [0, 0.05) is 64.7 Å². The molecule has 9 heteroatoms. The predicted octanol–water partition coefficient (Wildman–Crippen LogP) is -0.424. The summed E-state index contributed by atoms with van der Waals surface area (Å²) in [4.78, 5) is 41.5. The summed E-state index contributed by atoms with van der Waals surface area (Å²) in [6.07, 6.45) is 3.71. The minimum absolute atomic E-state index is 0.0251. The fourth-order valence-corrected chi connectivity index (χ4v) is 3.91. The van der Waals surface area contributed by atoms with Gasteiger partial charge in [0.2, 0.25) is 11.8 Å². The molecule has 2 amide bonds. The first kappa shape index (κ1) is 23.6. The highest BCUT2D eigenvalue weighted by molar-refractivity contribution is 5.78. The lowest BCUT2D eigenvalue weighted by Gasteiger charge is -2.36. The summed E-state index contributed by atoms with van der Waals surface area (Å²) in [6, 6.07) is 0.459. The molecular weight excluding hydrogens is 386 g/mol. The molecule has 0 aliphatic carbocycles. The molecule has 0 radical (unpaired) electrons. The number of carbonyl (C=O) groups excluding carboxylic acids is 2. The summed E-state index contributed by atoms with van der Waals surface area (Å²) >= 11 is 0. The highest BCUT2D eigenvalue weighted by Gasteiger charge is 2.28. The van der Waals surface area contributed by atoms with Gasteiger partial charge in [0.05, 0.1) is 6.54 Å². The Hall–Kier alpha value is -1.71.